The van der Waals surface area contributed by atoms with Crippen LogP contribution >= 0.6 is 11.3 Å². The third-order valence-electron chi connectivity index (χ3n) is 3.68. The smallest absolute Gasteiger partial charge is 0.162 e. The number of rotatable bonds is 2. The van der Waals surface area contributed by atoms with E-state index >= 15 is 0 Å². The van der Waals surface area contributed by atoms with Gasteiger partial charge in [-0.15, -0.1) is 11.3 Å². The summed E-state index contributed by atoms with van der Waals surface area (Å²) in [5.74, 6) is 1.77. The molecular formula is C17H23NO2S. The molecule has 1 aromatic carbocycles. The van der Waals surface area contributed by atoms with Crippen LogP contribution in [0, 0.1) is 6.92 Å². The molecule has 0 amide bonds. The van der Waals surface area contributed by atoms with Gasteiger partial charge in [0.05, 0.1) is 13.2 Å². The van der Waals surface area contributed by atoms with Gasteiger partial charge in [-0.1, -0.05) is 0 Å². The SMILES string of the molecule is Cc1c(CNC(C)(C)C)sc2cc3c(cc12)OCCCO3. The second kappa shape index (κ2) is 5.50. The molecule has 0 unspecified atom stereocenters. The van der Waals surface area contributed by atoms with E-state index in [9.17, 15) is 0 Å². The number of ether oxygens (including phenoxy) is 2. The van der Waals surface area contributed by atoms with Crippen molar-refractivity contribution in [3.05, 3.63) is 22.6 Å². The first kappa shape index (κ1) is 14.7. The molecular weight excluding hydrogens is 282 g/mol. The molecule has 1 aromatic heterocycles. The van der Waals surface area contributed by atoms with E-state index in [1.54, 1.807) is 0 Å². The predicted molar refractivity (Wildman–Crippen MR) is 88.8 cm³/mol. The van der Waals surface area contributed by atoms with Crippen LogP contribution in [0.2, 0.25) is 0 Å². The maximum atomic E-state index is 5.80. The number of aryl methyl sites for hydroxylation is 1. The number of benzene rings is 1. The highest BCUT2D eigenvalue weighted by Crippen LogP contribution is 2.40. The van der Waals surface area contributed by atoms with Crippen LogP contribution in [0.1, 0.15) is 37.6 Å². The Balaban J connectivity index is 1.96. The lowest BCUT2D eigenvalue weighted by molar-refractivity contribution is 0.297. The molecule has 114 valence electrons. The number of hydrogen-bond donors (Lipinski definition) is 1. The predicted octanol–water partition coefficient (Wildman–Crippen LogP) is 4.26. The standard InChI is InChI=1S/C17H23NO2S/c1-11-12-8-13-14(20-7-5-6-19-13)9-15(12)21-16(11)10-18-17(2,3)4/h8-9,18H,5-7,10H2,1-4H3. The molecule has 2 aromatic rings. The van der Waals surface area contributed by atoms with Gasteiger partial charge in [0, 0.05) is 34.1 Å². The summed E-state index contributed by atoms with van der Waals surface area (Å²) in [4.78, 5) is 1.39. The van der Waals surface area contributed by atoms with Crippen molar-refractivity contribution in [2.24, 2.45) is 0 Å². The molecule has 1 N–H and O–H groups in total. The molecule has 0 aliphatic carbocycles. The van der Waals surface area contributed by atoms with Gasteiger partial charge in [-0.3, -0.25) is 0 Å². The first-order valence-corrected chi connectivity index (χ1v) is 8.32. The van der Waals surface area contributed by atoms with Crippen molar-refractivity contribution in [2.45, 2.75) is 46.2 Å². The van der Waals surface area contributed by atoms with Gasteiger partial charge in [-0.2, -0.15) is 0 Å². The van der Waals surface area contributed by atoms with Gasteiger partial charge in [0.15, 0.2) is 11.5 Å². The third-order valence-corrected chi connectivity index (χ3v) is 4.94. The van der Waals surface area contributed by atoms with Crippen molar-refractivity contribution in [3.8, 4) is 11.5 Å². The third kappa shape index (κ3) is 3.16. The summed E-state index contributed by atoms with van der Waals surface area (Å²) < 4.78 is 12.9. The Hall–Kier alpha value is -1.26. The van der Waals surface area contributed by atoms with E-state index in [4.69, 9.17) is 9.47 Å². The lowest BCUT2D eigenvalue weighted by Crippen LogP contribution is -2.34. The van der Waals surface area contributed by atoms with Gasteiger partial charge in [0.1, 0.15) is 0 Å². The highest BCUT2D eigenvalue weighted by Gasteiger charge is 2.17. The van der Waals surface area contributed by atoms with Crippen LogP contribution in [0.3, 0.4) is 0 Å². The van der Waals surface area contributed by atoms with Crippen molar-refractivity contribution in [1.29, 1.82) is 0 Å². The van der Waals surface area contributed by atoms with E-state index in [1.807, 2.05) is 11.3 Å². The van der Waals surface area contributed by atoms with E-state index in [2.05, 4.69) is 45.1 Å². The Kier molecular flexibility index (Phi) is 3.84. The molecule has 0 bridgehead atoms. The molecule has 3 nitrogen and oxygen atoms in total. The van der Waals surface area contributed by atoms with Crippen molar-refractivity contribution >= 4 is 21.4 Å². The fraction of sp³-hybridized carbons (Fsp3) is 0.529. The molecule has 0 saturated carbocycles. The zero-order chi connectivity index (χ0) is 15.0. The van der Waals surface area contributed by atoms with Crippen molar-refractivity contribution < 1.29 is 9.47 Å². The van der Waals surface area contributed by atoms with Crippen LogP contribution in [0.4, 0.5) is 0 Å². The van der Waals surface area contributed by atoms with Crippen LogP contribution < -0.4 is 14.8 Å². The van der Waals surface area contributed by atoms with Gasteiger partial charge in [-0.05, 0) is 44.7 Å². The fourth-order valence-electron chi connectivity index (χ4n) is 2.44. The molecule has 2 heterocycles. The molecule has 0 saturated heterocycles. The molecule has 0 atom stereocenters. The lowest BCUT2D eigenvalue weighted by atomic mass is 10.1. The molecule has 3 rings (SSSR count). The van der Waals surface area contributed by atoms with Gasteiger partial charge in [0.2, 0.25) is 0 Å². The maximum Gasteiger partial charge on any atom is 0.162 e. The molecule has 0 radical (unpaired) electrons. The van der Waals surface area contributed by atoms with E-state index in [-0.39, 0.29) is 5.54 Å². The Bertz CT molecular complexity index is 655. The highest BCUT2D eigenvalue weighted by atomic mass is 32.1. The zero-order valence-electron chi connectivity index (χ0n) is 13.2. The Morgan fingerprint density at radius 2 is 1.81 bits per heavy atom. The van der Waals surface area contributed by atoms with E-state index < -0.39 is 0 Å². The summed E-state index contributed by atoms with van der Waals surface area (Å²) in [6.07, 6.45) is 0.946. The number of fused-ring (bicyclic) bond motifs is 2. The van der Waals surface area contributed by atoms with Gasteiger partial charge >= 0.3 is 0 Å². The molecule has 0 fully saturated rings. The van der Waals surface area contributed by atoms with Crippen LogP contribution in [-0.4, -0.2) is 18.8 Å². The highest BCUT2D eigenvalue weighted by molar-refractivity contribution is 7.19. The van der Waals surface area contributed by atoms with Crippen LogP contribution in [-0.2, 0) is 6.54 Å². The molecule has 1 aliphatic heterocycles. The van der Waals surface area contributed by atoms with Crippen molar-refractivity contribution in [3.63, 3.8) is 0 Å². The minimum atomic E-state index is 0.131. The second-order valence-electron chi connectivity index (χ2n) is 6.60. The topological polar surface area (TPSA) is 30.5 Å². The maximum absolute atomic E-state index is 5.80. The summed E-state index contributed by atoms with van der Waals surface area (Å²) in [6.45, 7) is 11.2. The Morgan fingerprint density at radius 1 is 1.14 bits per heavy atom. The molecule has 21 heavy (non-hydrogen) atoms. The van der Waals surface area contributed by atoms with Crippen molar-refractivity contribution in [1.82, 2.24) is 5.32 Å². The second-order valence-corrected chi connectivity index (χ2v) is 7.74. The fourth-order valence-corrected chi connectivity index (χ4v) is 3.60. The average Bonchev–Trinajstić information content (AvgIpc) is 2.60. The van der Waals surface area contributed by atoms with Crippen molar-refractivity contribution in [2.75, 3.05) is 13.2 Å². The van der Waals surface area contributed by atoms with Crippen LogP contribution in [0.15, 0.2) is 12.1 Å². The van der Waals surface area contributed by atoms with Crippen LogP contribution in [0.5, 0.6) is 11.5 Å². The average molecular weight is 305 g/mol. The van der Waals surface area contributed by atoms with E-state index in [0.29, 0.717) is 0 Å². The largest absolute Gasteiger partial charge is 0.490 e. The van der Waals surface area contributed by atoms with E-state index in [1.165, 1.54) is 20.5 Å². The molecule has 0 spiro atoms. The number of hydrogen-bond acceptors (Lipinski definition) is 4. The summed E-state index contributed by atoms with van der Waals surface area (Å²) in [7, 11) is 0. The van der Waals surface area contributed by atoms with Gasteiger partial charge in [-0.25, -0.2) is 0 Å². The summed E-state index contributed by atoms with van der Waals surface area (Å²) in [5, 5.41) is 4.85. The summed E-state index contributed by atoms with van der Waals surface area (Å²) >= 11 is 1.85. The summed E-state index contributed by atoms with van der Waals surface area (Å²) in [5.41, 5.74) is 1.48. The van der Waals surface area contributed by atoms with E-state index in [0.717, 1.165) is 37.7 Å². The molecule has 1 aliphatic rings. The molecule has 4 heteroatoms. The minimum Gasteiger partial charge on any atom is -0.490 e. The minimum absolute atomic E-state index is 0.131. The first-order valence-electron chi connectivity index (χ1n) is 7.51. The van der Waals surface area contributed by atoms with Gasteiger partial charge in [0.25, 0.3) is 0 Å². The first-order chi connectivity index (χ1) is 9.94. The quantitative estimate of drug-likeness (QED) is 0.899. The summed E-state index contributed by atoms with van der Waals surface area (Å²) in [6, 6.07) is 4.27. The number of nitrogens with one attached hydrogen (secondary N) is 1. The normalized spacial score (nSPS) is 15.2. The van der Waals surface area contributed by atoms with Crippen LogP contribution in [0.25, 0.3) is 10.1 Å². The number of thiophene rings is 1. The lowest BCUT2D eigenvalue weighted by Gasteiger charge is -2.20. The monoisotopic (exact) mass is 305 g/mol. The zero-order valence-corrected chi connectivity index (χ0v) is 14.0. The Labute approximate surface area is 130 Å². The Morgan fingerprint density at radius 3 is 2.48 bits per heavy atom. The van der Waals surface area contributed by atoms with Gasteiger partial charge < -0.3 is 14.8 Å².